The van der Waals surface area contributed by atoms with Crippen LogP contribution in [-0.2, 0) is 17.5 Å². The lowest BCUT2D eigenvalue weighted by Gasteiger charge is -2.17. The molecule has 10 nitrogen and oxygen atoms in total. The van der Waals surface area contributed by atoms with Crippen molar-refractivity contribution < 1.29 is 27.5 Å². The zero-order valence-electron chi connectivity index (χ0n) is 22.7. The van der Waals surface area contributed by atoms with Crippen molar-refractivity contribution in [1.82, 2.24) is 20.1 Å². The maximum Gasteiger partial charge on any atom is 0.416 e. The molecule has 0 saturated heterocycles. The van der Waals surface area contributed by atoms with Gasteiger partial charge >= 0.3 is 6.18 Å². The zero-order chi connectivity index (χ0) is 30.9. The van der Waals surface area contributed by atoms with Crippen LogP contribution in [0.3, 0.4) is 0 Å². The lowest BCUT2D eigenvalue weighted by Crippen LogP contribution is -2.31. The molecule has 2 aromatic carbocycles. The monoisotopic (exact) mass is 608 g/mol. The number of amides is 2. The van der Waals surface area contributed by atoms with Crippen LogP contribution in [-0.4, -0.2) is 40.7 Å². The summed E-state index contributed by atoms with van der Waals surface area (Å²) in [6.07, 6.45) is -2.72. The number of hydrogen-bond acceptors (Lipinski definition) is 8. The molecular formula is C29H23F3N6O4S. The first-order chi connectivity index (χ1) is 20.5. The summed E-state index contributed by atoms with van der Waals surface area (Å²) in [5.41, 5.74) is -0.495. The molecule has 4 aromatic rings. The number of pyridine rings is 1. The highest BCUT2D eigenvalue weighted by molar-refractivity contribution is 7.15. The molecule has 2 N–H and O–H groups in total. The van der Waals surface area contributed by atoms with Crippen molar-refractivity contribution in [3.05, 3.63) is 92.3 Å². The van der Waals surface area contributed by atoms with E-state index in [1.165, 1.54) is 14.2 Å². The van der Waals surface area contributed by atoms with Gasteiger partial charge in [-0.1, -0.05) is 23.5 Å². The first kappa shape index (κ1) is 29.5. The molecule has 2 unspecified atom stereocenters. The Morgan fingerprint density at radius 1 is 1.12 bits per heavy atom. The zero-order valence-corrected chi connectivity index (χ0v) is 23.5. The summed E-state index contributed by atoms with van der Waals surface area (Å²) in [5, 5.41) is 23.1. The smallest absolute Gasteiger partial charge is 0.416 e. The van der Waals surface area contributed by atoms with E-state index in [0.717, 1.165) is 58.4 Å². The van der Waals surface area contributed by atoms with Crippen LogP contribution in [0, 0.1) is 11.3 Å². The van der Waals surface area contributed by atoms with Crippen LogP contribution in [0.25, 0.3) is 11.1 Å². The van der Waals surface area contributed by atoms with Crippen LogP contribution >= 0.6 is 11.3 Å². The van der Waals surface area contributed by atoms with E-state index in [4.69, 9.17) is 10.00 Å². The molecule has 0 bridgehead atoms. The molecule has 0 radical (unpaired) electrons. The van der Waals surface area contributed by atoms with Gasteiger partial charge in [0.2, 0.25) is 11.0 Å². The fourth-order valence-electron chi connectivity index (χ4n) is 4.67. The molecule has 14 heteroatoms. The molecule has 2 atom stereocenters. The van der Waals surface area contributed by atoms with Gasteiger partial charge in [0.1, 0.15) is 17.3 Å². The first-order valence-electron chi connectivity index (χ1n) is 12.9. The fourth-order valence-corrected chi connectivity index (χ4v) is 5.59. The second kappa shape index (κ2) is 11.7. The average Bonchev–Trinajstić information content (AvgIpc) is 3.67. The van der Waals surface area contributed by atoms with E-state index < -0.39 is 35.7 Å². The van der Waals surface area contributed by atoms with E-state index in [1.807, 2.05) is 12.1 Å². The largest absolute Gasteiger partial charge is 0.496 e. The number of ether oxygens (including phenoxy) is 1. The average molecular weight is 609 g/mol. The van der Waals surface area contributed by atoms with Gasteiger partial charge in [-0.3, -0.25) is 19.7 Å². The Morgan fingerprint density at radius 3 is 2.51 bits per heavy atom. The summed E-state index contributed by atoms with van der Waals surface area (Å²) in [5.74, 6) is -1.04. The number of alkyl halides is 3. The van der Waals surface area contributed by atoms with Crippen molar-refractivity contribution in [1.29, 1.82) is 5.26 Å². The highest BCUT2D eigenvalue weighted by Crippen LogP contribution is 2.55. The molecular weight excluding hydrogens is 585 g/mol. The third-order valence-corrected chi connectivity index (χ3v) is 7.99. The fraction of sp³-hybridized carbons (Fsp3) is 0.241. The number of nitrogens with one attached hydrogen (secondary N) is 2. The van der Waals surface area contributed by atoms with Gasteiger partial charge in [-0.05, 0) is 48.2 Å². The molecule has 1 aliphatic rings. The van der Waals surface area contributed by atoms with E-state index in [-0.39, 0.29) is 39.4 Å². The molecule has 1 fully saturated rings. The number of aromatic nitrogens is 3. The molecule has 2 amide bonds. The van der Waals surface area contributed by atoms with Crippen molar-refractivity contribution in [3.63, 3.8) is 0 Å². The van der Waals surface area contributed by atoms with E-state index >= 15 is 0 Å². The third-order valence-electron chi connectivity index (χ3n) is 7.02. The Balaban J connectivity index is 1.47. The maximum absolute atomic E-state index is 13.6. The molecule has 43 heavy (non-hydrogen) atoms. The van der Waals surface area contributed by atoms with Crippen molar-refractivity contribution in [2.24, 2.45) is 0 Å². The highest BCUT2D eigenvalue weighted by atomic mass is 32.1. The van der Waals surface area contributed by atoms with E-state index in [1.54, 1.807) is 12.1 Å². The number of carbonyl (C=O) groups excluding carboxylic acids is 2. The number of carbonyl (C=O) groups is 2. The molecule has 1 aliphatic carbocycles. The van der Waals surface area contributed by atoms with E-state index in [9.17, 15) is 27.6 Å². The van der Waals surface area contributed by atoms with Crippen LogP contribution in [0.4, 0.5) is 18.3 Å². The summed E-state index contributed by atoms with van der Waals surface area (Å²) < 4.78 is 47.1. The second-order valence-electron chi connectivity index (χ2n) is 9.74. The topological polar surface area (TPSA) is 139 Å². The van der Waals surface area contributed by atoms with Gasteiger partial charge in [-0.15, -0.1) is 10.2 Å². The maximum atomic E-state index is 13.6. The second-order valence-corrected chi connectivity index (χ2v) is 10.7. The number of methoxy groups -OCH3 is 1. The first-order valence-corrected chi connectivity index (χ1v) is 13.7. The molecule has 0 spiro atoms. The molecule has 220 valence electrons. The summed E-state index contributed by atoms with van der Waals surface area (Å²) in [6.45, 7) is -0.424. The minimum absolute atomic E-state index is 0.0213. The SMILES string of the molecule is CNC(=O)Cn1cc(-c2cc(C(F)(F)F)ccc2OC)c(C(=O)Nc2nnc(C3CC3c3ccc(C#N)cc3)s2)cc1=O. The predicted molar refractivity (Wildman–Crippen MR) is 151 cm³/mol. The van der Waals surface area contributed by atoms with Crippen molar-refractivity contribution in [2.45, 2.75) is 31.0 Å². The number of rotatable bonds is 8. The van der Waals surface area contributed by atoms with Crippen molar-refractivity contribution in [3.8, 4) is 22.9 Å². The summed E-state index contributed by atoms with van der Waals surface area (Å²) >= 11 is 1.15. The van der Waals surface area contributed by atoms with Crippen LogP contribution in [0.15, 0.2) is 59.5 Å². The minimum Gasteiger partial charge on any atom is -0.496 e. The lowest BCUT2D eigenvalue weighted by molar-refractivity contribution is -0.137. The van der Waals surface area contributed by atoms with Gasteiger partial charge in [0.25, 0.3) is 11.5 Å². The van der Waals surface area contributed by atoms with E-state index in [2.05, 4.69) is 26.9 Å². The normalized spacial score (nSPS) is 15.8. The number of likely N-dealkylation sites (N-methyl/N-ethyl adjacent to an activating group) is 1. The van der Waals surface area contributed by atoms with Gasteiger partial charge < -0.3 is 14.6 Å². The van der Waals surface area contributed by atoms with Crippen molar-refractivity contribution in [2.75, 3.05) is 19.5 Å². The Hall–Kier alpha value is -5.03. The highest BCUT2D eigenvalue weighted by Gasteiger charge is 2.42. The molecule has 1 saturated carbocycles. The minimum atomic E-state index is -4.69. The summed E-state index contributed by atoms with van der Waals surface area (Å²) in [6, 6.07) is 13.1. The van der Waals surface area contributed by atoms with Crippen LogP contribution in [0.1, 0.15) is 50.3 Å². The number of nitriles is 1. The van der Waals surface area contributed by atoms with Crippen molar-refractivity contribution >= 4 is 28.3 Å². The Kier molecular flexibility index (Phi) is 8.01. The van der Waals surface area contributed by atoms with Gasteiger partial charge in [0.05, 0.1) is 29.9 Å². The number of anilines is 1. The number of halogens is 3. The van der Waals surface area contributed by atoms with Crippen LogP contribution in [0.5, 0.6) is 5.75 Å². The quantitative estimate of drug-likeness (QED) is 0.300. The Morgan fingerprint density at radius 2 is 1.86 bits per heavy atom. The third kappa shape index (κ3) is 6.26. The standard InChI is InChI=1S/C29H23F3N6O4S/c1-34-24(39)14-38-13-22(19-9-17(29(30,31)32)7-8-23(19)42-2)20(11-25(38)40)26(41)35-28-37-36-27(43-28)21-10-18(21)16-5-3-15(12-33)4-6-16/h3-9,11,13,18,21H,10,14H2,1-2H3,(H,34,39)(H,35,37,41). The van der Waals surface area contributed by atoms with Gasteiger partial charge in [0, 0.05) is 36.4 Å². The number of benzene rings is 2. The van der Waals surface area contributed by atoms with Crippen LogP contribution < -0.4 is 20.9 Å². The van der Waals surface area contributed by atoms with Crippen LogP contribution in [0.2, 0.25) is 0 Å². The summed E-state index contributed by atoms with van der Waals surface area (Å²) in [4.78, 5) is 38.4. The molecule has 2 heterocycles. The van der Waals surface area contributed by atoms with Gasteiger partial charge in [-0.2, -0.15) is 18.4 Å². The number of hydrogen-bond donors (Lipinski definition) is 2. The lowest BCUT2D eigenvalue weighted by atomic mass is 9.98. The Bertz CT molecular complexity index is 1810. The predicted octanol–water partition coefficient (Wildman–Crippen LogP) is 4.54. The molecule has 5 rings (SSSR count). The van der Waals surface area contributed by atoms with Gasteiger partial charge in [-0.25, -0.2) is 0 Å². The summed E-state index contributed by atoms with van der Waals surface area (Å²) in [7, 11) is 2.63. The van der Waals surface area contributed by atoms with E-state index in [0.29, 0.717) is 10.6 Å². The Labute approximate surface area is 246 Å². The molecule has 2 aromatic heterocycles. The van der Waals surface area contributed by atoms with Gasteiger partial charge in [0.15, 0.2) is 0 Å². The molecule has 0 aliphatic heterocycles. The number of nitrogens with zero attached hydrogens (tertiary/aromatic N) is 4.